The highest BCUT2D eigenvalue weighted by atomic mass is 32.1. The molecule has 0 radical (unpaired) electrons. The minimum absolute atomic E-state index is 0.000531. The first-order chi connectivity index (χ1) is 16.7. The van der Waals surface area contributed by atoms with Crippen LogP contribution in [0.2, 0.25) is 0 Å². The van der Waals surface area contributed by atoms with Crippen molar-refractivity contribution in [2.75, 3.05) is 26.2 Å². The molecule has 2 aromatic carbocycles. The van der Waals surface area contributed by atoms with E-state index in [0.29, 0.717) is 32.0 Å². The van der Waals surface area contributed by atoms with E-state index in [1.54, 1.807) is 16.2 Å². The third-order valence-corrected chi connectivity index (χ3v) is 7.62. The molecule has 176 valence electrons. The van der Waals surface area contributed by atoms with Gasteiger partial charge in [-0.25, -0.2) is 0 Å². The van der Waals surface area contributed by atoms with Crippen molar-refractivity contribution in [3.8, 4) is 5.75 Å². The normalized spacial score (nSPS) is 17.2. The monoisotopic (exact) mass is 474 g/mol. The van der Waals surface area contributed by atoms with Gasteiger partial charge >= 0.3 is 0 Å². The van der Waals surface area contributed by atoms with E-state index in [4.69, 9.17) is 4.74 Å². The van der Waals surface area contributed by atoms with Gasteiger partial charge in [0.05, 0.1) is 19.0 Å². The largest absolute Gasteiger partial charge is 0.491 e. The topological polar surface area (TPSA) is 49.9 Å². The molecule has 1 fully saturated rings. The zero-order valence-corrected chi connectivity index (χ0v) is 20.1. The highest BCUT2D eigenvalue weighted by Crippen LogP contribution is 2.34. The Morgan fingerprint density at radius 2 is 1.74 bits per heavy atom. The Hall–Kier alpha value is -3.12. The van der Waals surface area contributed by atoms with Crippen LogP contribution < -0.4 is 4.74 Å². The summed E-state index contributed by atoms with van der Waals surface area (Å²) < 4.78 is 6.09. The number of rotatable bonds is 9. The van der Waals surface area contributed by atoms with Crippen LogP contribution in [0.15, 0.2) is 72.1 Å². The molecule has 6 heteroatoms. The molecule has 2 amide bonds. The van der Waals surface area contributed by atoms with Crippen LogP contribution in [0.5, 0.6) is 5.75 Å². The van der Waals surface area contributed by atoms with Crippen molar-refractivity contribution in [1.82, 2.24) is 9.80 Å². The molecule has 2 aliphatic rings. The first kappa shape index (κ1) is 22.7. The molecule has 1 aliphatic carbocycles. The van der Waals surface area contributed by atoms with Gasteiger partial charge in [-0.2, -0.15) is 0 Å². The van der Waals surface area contributed by atoms with E-state index in [2.05, 4.69) is 11.4 Å². The van der Waals surface area contributed by atoms with E-state index in [9.17, 15) is 9.59 Å². The molecule has 1 atom stereocenters. The summed E-state index contributed by atoms with van der Waals surface area (Å²) in [6.07, 6.45) is 3.45. The van der Waals surface area contributed by atoms with E-state index < -0.39 is 0 Å². The van der Waals surface area contributed by atoms with E-state index in [1.165, 1.54) is 10.4 Å². The molecular formula is C28H30N2O3S. The van der Waals surface area contributed by atoms with Crippen LogP contribution in [0.3, 0.4) is 0 Å². The summed E-state index contributed by atoms with van der Waals surface area (Å²) in [5.74, 6) is 1.34. The molecule has 1 aliphatic heterocycles. The maximum Gasteiger partial charge on any atom is 0.242 e. The van der Waals surface area contributed by atoms with Crippen molar-refractivity contribution in [3.05, 3.63) is 88.1 Å². The third-order valence-electron chi connectivity index (χ3n) is 6.62. The number of hydrogen-bond acceptors (Lipinski definition) is 4. The van der Waals surface area contributed by atoms with Crippen LogP contribution >= 0.6 is 11.3 Å². The Kier molecular flexibility index (Phi) is 6.95. The highest BCUT2D eigenvalue weighted by molar-refractivity contribution is 7.10. The van der Waals surface area contributed by atoms with Crippen molar-refractivity contribution >= 4 is 23.2 Å². The van der Waals surface area contributed by atoms with Crippen LogP contribution in [0.4, 0.5) is 0 Å². The number of para-hydroxylation sites is 1. The van der Waals surface area contributed by atoms with Crippen molar-refractivity contribution in [2.24, 2.45) is 5.92 Å². The lowest BCUT2D eigenvalue weighted by atomic mass is 10.0. The van der Waals surface area contributed by atoms with Gasteiger partial charge in [0, 0.05) is 18.0 Å². The van der Waals surface area contributed by atoms with Crippen molar-refractivity contribution in [2.45, 2.75) is 31.7 Å². The molecule has 5 nitrogen and oxygen atoms in total. The van der Waals surface area contributed by atoms with Crippen LogP contribution in [0.25, 0.3) is 0 Å². The van der Waals surface area contributed by atoms with Gasteiger partial charge in [-0.15, -0.1) is 11.3 Å². The predicted octanol–water partition coefficient (Wildman–Crippen LogP) is 4.73. The van der Waals surface area contributed by atoms with Gasteiger partial charge in [-0.3, -0.25) is 9.59 Å². The average molecular weight is 475 g/mol. The van der Waals surface area contributed by atoms with Crippen molar-refractivity contribution < 1.29 is 14.3 Å². The zero-order valence-electron chi connectivity index (χ0n) is 19.3. The number of carbonyl (C=O) groups is 2. The molecule has 1 aromatic heterocycles. The van der Waals surface area contributed by atoms with Gasteiger partial charge < -0.3 is 14.5 Å². The number of amides is 2. The van der Waals surface area contributed by atoms with Gasteiger partial charge in [0.25, 0.3) is 0 Å². The Labute approximate surface area is 205 Å². The fourth-order valence-electron chi connectivity index (χ4n) is 4.57. The van der Waals surface area contributed by atoms with Gasteiger partial charge in [0.1, 0.15) is 12.4 Å². The number of ether oxygens (including phenoxy) is 1. The fourth-order valence-corrected chi connectivity index (χ4v) is 5.50. The highest BCUT2D eigenvalue weighted by Gasteiger charge is 2.35. The van der Waals surface area contributed by atoms with Gasteiger partial charge in [0.15, 0.2) is 0 Å². The minimum atomic E-state index is -0.144. The molecule has 3 aromatic rings. The predicted molar refractivity (Wildman–Crippen MR) is 134 cm³/mol. The lowest BCUT2D eigenvalue weighted by Crippen LogP contribution is -2.48. The number of hydrogen-bond donors (Lipinski definition) is 0. The summed E-state index contributed by atoms with van der Waals surface area (Å²) in [6, 6.07) is 21.5. The van der Waals surface area contributed by atoms with E-state index in [1.807, 2.05) is 65.6 Å². The van der Waals surface area contributed by atoms with Gasteiger partial charge in [-0.05, 0) is 59.9 Å². The third kappa shape index (κ3) is 5.50. The molecule has 0 saturated heterocycles. The standard InChI is InChI=1S/C28H30N2O3S/c31-27(17-21-7-3-1-4-8-21)29(18-22-11-12-22)19-28(32)30-15-13-26-24(14-16-34-26)25(30)20-33-23-9-5-2-6-10-23/h1-10,14,16,22,25H,11-13,15,17-20H2/t25-/m0/s1. The minimum Gasteiger partial charge on any atom is -0.491 e. The Bertz CT molecular complexity index is 1110. The maximum absolute atomic E-state index is 13.6. The van der Waals surface area contributed by atoms with E-state index in [-0.39, 0.29) is 24.4 Å². The second-order valence-corrected chi connectivity index (χ2v) is 10.2. The fraction of sp³-hybridized carbons (Fsp3) is 0.357. The van der Waals surface area contributed by atoms with Crippen molar-refractivity contribution in [1.29, 1.82) is 0 Å². The number of thiophene rings is 1. The van der Waals surface area contributed by atoms with Crippen LogP contribution in [0, 0.1) is 5.92 Å². The average Bonchev–Trinajstić information content (AvgIpc) is 3.55. The molecular weight excluding hydrogens is 444 g/mol. The van der Waals surface area contributed by atoms with Gasteiger partial charge in [0.2, 0.25) is 11.8 Å². The lowest BCUT2D eigenvalue weighted by molar-refractivity contribution is -0.142. The van der Waals surface area contributed by atoms with Crippen LogP contribution in [-0.4, -0.2) is 47.9 Å². The Morgan fingerprint density at radius 3 is 2.47 bits per heavy atom. The molecule has 2 heterocycles. The van der Waals surface area contributed by atoms with Crippen LogP contribution in [0.1, 0.15) is 34.9 Å². The summed E-state index contributed by atoms with van der Waals surface area (Å²) in [4.78, 5) is 31.8. The summed E-state index contributed by atoms with van der Waals surface area (Å²) in [5, 5.41) is 2.09. The molecule has 0 N–H and O–H groups in total. The summed E-state index contributed by atoms with van der Waals surface area (Å²) >= 11 is 1.74. The summed E-state index contributed by atoms with van der Waals surface area (Å²) in [6.45, 7) is 1.85. The Morgan fingerprint density at radius 1 is 1.00 bits per heavy atom. The van der Waals surface area contributed by atoms with Gasteiger partial charge in [-0.1, -0.05) is 48.5 Å². The summed E-state index contributed by atoms with van der Waals surface area (Å²) in [5.41, 5.74) is 2.15. The zero-order chi connectivity index (χ0) is 23.3. The summed E-state index contributed by atoms with van der Waals surface area (Å²) in [7, 11) is 0. The molecule has 5 rings (SSSR count). The number of benzene rings is 2. The van der Waals surface area contributed by atoms with Crippen molar-refractivity contribution in [3.63, 3.8) is 0 Å². The number of nitrogens with zero attached hydrogens (tertiary/aromatic N) is 2. The first-order valence-corrected chi connectivity index (χ1v) is 12.9. The molecule has 0 unspecified atom stereocenters. The van der Waals surface area contributed by atoms with Crippen LogP contribution in [-0.2, 0) is 22.4 Å². The maximum atomic E-state index is 13.6. The Balaban J connectivity index is 1.30. The molecule has 0 bridgehead atoms. The molecule has 0 spiro atoms. The first-order valence-electron chi connectivity index (χ1n) is 12.0. The van der Waals surface area contributed by atoms with E-state index in [0.717, 1.165) is 30.6 Å². The van der Waals surface area contributed by atoms with E-state index >= 15 is 0 Å². The smallest absolute Gasteiger partial charge is 0.242 e. The lowest BCUT2D eigenvalue weighted by Gasteiger charge is -2.37. The molecule has 34 heavy (non-hydrogen) atoms. The SMILES string of the molecule is O=C(Cc1ccccc1)N(CC(=O)N1CCc2sccc2[C@@H]1COc1ccccc1)CC1CC1. The molecule has 1 saturated carbocycles. The number of carbonyl (C=O) groups excluding carboxylic acids is 2. The quantitative estimate of drug-likeness (QED) is 0.450. The second kappa shape index (κ2) is 10.4. The second-order valence-electron chi connectivity index (χ2n) is 9.16. The number of fused-ring (bicyclic) bond motifs is 1.